The highest BCUT2D eigenvalue weighted by atomic mass is 35.5. The molecule has 1 saturated carbocycles. The first-order valence-electron chi connectivity index (χ1n) is 7.81. The molecule has 5 heteroatoms. The van der Waals surface area contributed by atoms with Crippen molar-refractivity contribution in [3.8, 4) is 0 Å². The number of halogens is 1. The highest BCUT2D eigenvalue weighted by Gasteiger charge is 2.24. The number of rotatable bonds is 5. The van der Waals surface area contributed by atoms with Crippen molar-refractivity contribution in [2.24, 2.45) is 11.7 Å². The van der Waals surface area contributed by atoms with Gasteiger partial charge in [-0.3, -0.25) is 4.79 Å². The third-order valence-corrected chi connectivity index (χ3v) is 5.20. The Balaban J connectivity index is 0.00000242. The van der Waals surface area contributed by atoms with Crippen LogP contribution in [0.2, 0.25) is 0 Å². The van der Waals surface area contributed by atoms with Gasteiger partial charge in [0.1, 0.15) is 0 Å². The predicted molar refractivity (Wildman–Crippen MR) is 97.1 cm³/mol. The van der Waals surface area contributed by atoms with Crippen LogP contribution in [0.5, 0.6) is 0 Å². The van der Waals surface area contributed by atoms with Crippen LogP contribution in [0.4, 0.5) is 0 Å². The van der Waals surface area contributed by atoms with Crippen molar-refractivity contribution >= 4 is 30.1 Å². The summed E-state index contributed by atoms with van der Waals surface area (Å²) in [7, 11) is 0. The van der Waals surface area contributed by atoms with Crippen LogP contribution in [0, 0.1) is 12.8 Å². The Bertz CT molecular complexity index is 490. The van der Waals surface area contributed by atoms with Gasteiger partial charge in [0, 0.05) is 23.0 Å². The second-order valence-electron chi connectivity index (χ2n) is 5.89. The van der Waals surface area contributed by atoms with Crippen LogP contribution in [-0.4, -0.2) is 24.7 Å². The highest BCUT2D eigenvalue weighted by molar-refractivity contribution is 7.98. The van der Waals surface area contributed by atoms with Crippen LogP contribution in [0.1, 0.15) is 48.0 Å². The molecule has 2 rings (SSSR count). The van der Waals surface area contributed by atoms with E-state index in [1.165, 1.54) is 32.1 Å². The van der Waals surface area contributed by atoms with Gasteiger partial charge in [0.15, 0.2) is 0 Å². The molecule has 22 heavy (non-hydrogen) atoms. The fourth-order valence-corrected chi connectivity index (χ4v) is 3.56. The maximum absolute atomic E-state index is 12.6. The number of carbonyl (C=O) groups excluding carboxylic acids is 1. The number of nitrogens with two attached hydrogens (primary N) is 1. The van der Waals surface area contributed by atoms with E-state index in [4.69, 9.17) is 5.73 Å². The lowest BCUT2D eigenvalue weighted by Crippen LogP contribution is -2.46. The van der Waals surface area contributed by atoms with E-state index >= 15 is 0 Å². The minimum Gasteiger partial charge on any atom is -0.348 e. The quantitative estimate of drug-likeness (QED) is 0.801. The normalized spacial score (nSPS) is 16.7. The van der Waals surface area contributed by atoms with Gasteiger partial charge in [-0.15, -0.1) is 24.2 Å². The van der Waals surface area contributed by atoms with Gasteiger partial charge in [-0.25, -0.2) is 0 Å². The monoisotopic (exact) mass is 342 g/mol. The van der Waals surface area contributed by atoms with Crippen LogP contribution in [-0.2, 0) is 0 Å². The number of hydrogen-bond donors (Lipinski definition) is 2. The van der Waals surface area contributed by atoms with Crippen LogP contribution in [0.25, 0.3) is 0 Å². The SMILES string of the molecule is CSc1ccc(C)c(C(=O)NC(CN)C2CCCCC2)c1.Cl. The van der Waals surface area contributed by atoms with E-state index < -0.39 is 0 Å². The summed E-state index contributed by atoms with van der Waals surface area (Å²) >= 11 is 1.66. The Kier molecular flexibility index (Phi) is 8.29. The number of nitrogens with one attached hydrogen (secondary N) is 1. The molecule has 0 bridgehead atoms. The summed E-state index contributed by atoms with van der Waals surface area (Å²) in [6.45, 7) is 2.51. The molecular weight excluding hydrogens is 316 g/mol. The lowest BCUT2D eigenvalue weighted by Gasteiger charge is -2.30. The van der Waals surface area contributed by atoms with Gasteiger partial charge >= 0.3 is 0 Å². The molecule has 0 radical (unpaired) electrons. The van der Waals surface area contributed by atoms with E-state index in [-0.39, 0.29) is 24.4 Å². The molecule has 1 aliphatic carbocycles. The predicted octanol–water partition coefficient (Wildman–Crippen LogP) is 3.78. The average Bonchev–Trinajstić information content (AvgIpc) is 2.53. The fraction of sp³-hybridized carbons (Fsp3) is 0.588. The van der Waals surface area contributed by atoms with E-state index in [1.807, 2.05) is 25.3 Å². The van der Waals surface area contributed by atoms with E-state index in [0.29, 0.717) is 12.5 Å². The molecule has 1 aromatic rings. The molecule has 1 aliphatic rings. The van der Waals surface area contributed by atoms with Crippen molar-refractivity contribution < 1.29 is 4.79 Å². The fourth-order valence-electron chi connectivity index (χ4n) is 3.12. The number of benzene rings is 1. The number of hydrogen-bond acceptors (Lipinski definition) is 3. The molecule has 3 nitrogen and oxygen atoms in total. The van der Waals surface area contributed by atoms with Gasteiger partial charge in [0.25, 0.3) is 5.91 Å². The minimum absolute atomic E-state index is 0. The highest BCUT2D eigenvalue weighted by Crippen LogP contribution is 2.26. The van der Waals surface area contributed by atoms with E-state index in [1.54, 1.807) is 11.8 Å². The van der Waals surface area contributed by atoms with Gasteiger partial charge in [0.2, 0.25) is 0 Å². The van der Waals surface area contributed by atoms with Crippen molar-refractivity contribution in [3.63, 3.8) is 0 Å². The first kappa shape index (κ1) is 19.3. The third-order valence-electron chi connectivity index (χ3n) is 4.48. The molecular formula is C17H27ClN2OS. The largest absolute Gasteiger partial charge is 0.348 e. The molecule has 1 fully saturated rings. The molecule has 0 heterocycles. The minimum atomic E-state index is 0. The number of thioether (sulfide) groups is 1. The number of amides is 1. The molecule has 0 aromatic heterocycles. The Labute approximate surface area is 144 Å². The summed E-state index contributed by atoms with van der Waals surface area (Å²) in [6, 6.07) is 6.15. The van der Waals surface area contributed by atoms with Gasteiger partial charge in [0.05, 0.1) is 0 Å². The molecule has 0 aliphatic heterocycles. The van der Waals surface area contributed by atoms with Crippen molar-refractivity contribution in [1.29, 1.82) is 0 Å². The second-order valence-corrected chi connectivity index (χ2v) is 6.77. The molecule has 1 amide bonds. The summed E-state index contributed by atoms with van der Waals surface area (Å²) in [4.78, 5) is 13.7. The van der Waals surface area contributed by atoms with Crippen molar-refractivity contribution in [2.75, 3.05) is 12.8 Å². The van der Waals surface area contributed by atoms with Crippen LogP contribution in [0.3, 0.4) is 0 Å². The van der Waals surface area contributed by atoms with Crippen molar-refractivity contribution in [1.82, 2.24) is 5.32 Å². The number of carbonyl (C=O) groups is 1. The van der Waals surface area contributed by atoms with Gasteiger partial charge in [-0.2, -0.15) is 0 Å². The smallest absolute Gasteiger partial charge is 0.251 e. The first-order chi connectivity index (χ1) is 10.2. The van der Waals surface area contributed by atoms with Crippen LogP contribution in [0.15, 0.2) is 23.1 Å². The van der Waals surface area contributed by atoms with Gasteiger partial charge in [-0.1, -0.05) is 25.3 Å². The third kappa shape index (κ3) is 4.90. The summed E-state index contributed by atoms with van der Waals surface area (Å²) in [5.74, 6) is 0.557. The Hall–Kier alpha value is -0.710. The zero-order valence-electron chi connectivity index (χ0n) is 13.4. The van der Waals surface area contributed by atoms with E-state index in [2.05, 4.69) is 11.4 Å². The molecule has 0 saturated heterocycles. The van der Waals surface area contributed by atoms with Gasteiger partial charge < -0.3 is 11.1 Å². The maximum Gasteiger partial charge on any atom is 0.251 e. The molecule has 124 valence electrons. The summed E-state index contributed by atoms with van der Waals surface area (Å²) in [5.41, 5.74) is 7.70. The lowest BCUT2D eigenvalue weighted by atomic mass is 9.83. The van der Waals surface area contributed by atoms with E-state index in [9.17, 15) is 4.79 Å². The molecule has 1 atom stereocenters. The first-order valence-corrected chi connectivity index (χ1v) is 9.03. The summed E-state index contributed by atoms with van der Waals surface area (Å²) in [5, 5.41) is 3.17. The molecule has 0 spiro atoms. The summed E-state index contributed by atoms with van der Waals surface area (Å²) in [6.07, 6.45) is 8.24. The van der Waals surface area contributed by atoms with Gasteiger partial charge in [-0.05, 0) is 49.6 Å². The molecule has 1 aromatic carbocycles. The average molecular weight is 343 g/mol. The zero-order valence-corrected chi connectivity index (χ0v) is 15.1. The van der Waals surface area contributed by atoms with E-state index in [0.717, 1.165) is 16.0 Å². The molecule has 3 N–H and O–H groups in total. The Morgan fingerprint density at radius 1 is 1.36 bits per heavy atom. The summed E-state index contributed by atoms with van der Waals surface area (Å²) < 4.78 is 0. The lowest BCUT2D eigenvalue weighted by molar-refractivity contribution is 0.0914. The Morgan fingerprint density at radius 3 is 2.64 bits per heavy atom. The Morgan fingerprint density at radius 2 is 2.05 bits per heavy atom. The second kappa shape index (κ2) is 9.43. The zero-order chi connectivity index (χ0) is 15.2. The number of aryl methyl sites for hydroxylation is 1. The molecule has 1 unspecified atom stereocenters. The maximum atomic E-state index is 12.6. The van der Waals surface area contributed by atoms with Crippen LogP contribution >= 0.6 is 24.2 Å². The van der Waals surface area contributed by atoms with Crippen LogP contribution < -0.4 is 11.1 Å². The topological polar surface area (TPSA) is 55.1 Å². The standard InChI is InChI=1S/C17H26N2OS.ClH/c1-12-8-9-14(21-2)10-15(12)17(20)19-16(11-18)13-6-4-3-5-7-13;/h8-10,13,16H,3-7,11,18H2,1-2H3,(H,19,20);1H. The van der Waals surface area contributed by atoms with Crippen molar-refractivity contribution in [2.45, 2.75) is 50.0 Å². The van der Waals surface area contributed by atoms with Crippen molar-refractivity contribution in [3.05, 3.63) is 29.3 Å².